The Bertz CT molecular complexity index is 1220. The fourth-order valence-electron chi connectivity index (χ4n) is 3.38. The SMILES string of the molecule is Cc1c(C(=O)Nc2ccc3c(c2)CCN3S(C)(=O)=O)nnn1-c1ccccc1F. The first-order valence-corrected chi connectivity index (χ1v) is 10.7. The van der Waals surface area contributed by atoms with Gasteiger partial charge in [0.05, 0.1) is 17.6 Å². The molecule has 0 bridgehead atoms. The summed E-state index contributed by atoms with van der Waals surface area (Å²) >= 11 is 0. The molecular weight excluding hydrogens is 397 g/mol. The summed E-state index contributed by atoms with van der Waals surface area (Å²) in [6, 6.07) is 11.1. The maximum Gasteiger partial charge on any atom is 0.278 e. The topological polar surface area (TPSA) is 97.2 Å². The summed E-state index contributed by atoms with van der Waals surface area (Å²) in [4.78, 5) is 12.7. The van der Waals surface area contributed by atoms with Gasteiger partial charge in [-0.2, -0.15) is 0 Å². The number of amides is 1. The van der Waals surface area contributed by atoms with E-state index in [1.165, 1.54) is 21.3 Å². The number of sulfonamides is 1. The maximum atomic E-state index is 14.0. The third kappa shape index (κ3) is 3.46. The van der Waals surface area contributed by atoms with Crippen LogP contribution in [-0.2, 0) is 16.4 Å². The highest BCUT2D eigenvalue weighted by atomic mass is 32.2. The van der Waals surface area contributed by atoms with E-state index in [1.54, 1.807) is 43.3 Å². The predicted molar refractivity (Wildman–Crippen MR) is 106 cm³/mol. The van der Waals surface area contributed by atoms with E-state index >= 15 is 0 Å². The van der Waals surface area contributed by atoms with E-state index < -0.39 is 21.7 Å². The van der Waals surface area contributed by atoms with Gasteiger partial charge >= 0.3 is 0 Å². The largest absolute Gasteiger partial charge is 0.321 e. The minimum Gasteiger partial charge on any atom is -0.321 e. The van der Waals surface area contributed by atoms with E-state index in [4.69, 9.17) is 0 Å². The quantitative estimate of drug-likeness (QED) is 0.705. The molecule has 8 nitrogen and oxygen atoms in total. The molecule has 0 spiro atoms. The second-order valence-corrected chi connectivity index (χ2v) is 8.68. The fourth-order valence-corrected chi connectivity index (χ4v) is 4.33. The number of rotatable bonds is 4. The standard InChI is InChI=1S/C19H18FN5O3S/c1-12-18(22-23-25(12)17-6-4-3-5-15(17)20)19(26)21-14-7-8-16-13(11-14)9-10-24(16)29(2,27)28/h3-8,11H,9-10H2,1-2H3,(H,21,26). The fraction of sp³-hybridized carbons (Fsp3) is 0.211. The molecule has 1 amide bonds. The molecule has 10 heteroatoms. The Morgan fingerprint density at radius 3 is 2.66 bits per heavy atom. The first-order chi connectivity index (χ1) is 13.8. The van der Waals surface area contributed by atoms with Crippen molar-refractivity contribution in [2.45, 2.75) is 13.3 Å². The monoisotopic (exact) mass is 415 g/mol. The van der Waals surface area contributed by atoms with Crippen LogP contribution in [0.25, 0.3) is 5.69 Å². The zero-order valence-electron chi connectivity index (χ0n) is 15.8. The predicted octanol–water partition coefficient (Wildman–Crippen LogP) is 2.29. The first kappa shape index (κ1) is 19.1. The van der Waals surface area contributed by atoms with Crippen molar-refractivity contribution in [3.05, 3.63) is 65.2 Å². The molecule has 0 unspecified atom stereocenters. The molecule has 0 aliphatic carbocycles. The summed E-state index contributed by atoms with van der Waals surface area (Å²) in [5.41, 5.74) is 2.65. The molecule has 1 N–H and O–H groups in total. The molecule has 1 aliphatic rings. The Kier molecular flexibility index (Phi) is 4.58. The van der Waals surface area contributed by atoms with E-state index in [-0.39, 0.29) is 11.4 Å². The molecule has 2 aromatic carbocycles. The Labute approximate surface area is 167 Å². The van der Waals surface area contributed by atoms with Gasteiger partial charge in [-0.3, -0.25) is 9.10 Å². The van der Waals surface area contributed by atoms with Crippen molar-refractivity contribution in [2.24, 2.45) is 0 Å². The van der Waals surface area contributed by atoms with Gasteiger partial charge in [-0.05, 0) is 49.2 Å². The van der Waals surface area contributed by atoms with Gasteiger partial charge in [0.15, 0.2) is 5.69 Å². The van der Waals surface area contributed by atoms with Crippen molar-refractivity contribution in [1.29, 1.82) is 0 Å². The molecule has 4 rings (SSSR count). The number of carbonyl (C=O) groups excluding carboxylic acids is 1. The smallest absolute Gasteiger partial charge is 0.278 e. The molecule has 1 aliphatic heterocycles. The number of carbonyl (C=O) groups is 1. The Balaban J connectivity index is 1.58. The van der Waals surface area contributed by atoms with Crippen molar-refractivity contribution in [2.75, 3.05) is 22.4 Å². The lowest BCUT2D eigenvalue weighted by Gasteiger charge is -2.16. The Morgan fingerprint density at radius 2 is 1.93 bits per heavy atom. The lowest BCUT2D eigenvalue weighted by Crippen LogP contribution is -2.27. The first-order valence-electron chi connectivity index (χ1n) is 8.85. The number of halogens is 1. The van der Waals surface area contributed by atoms with Gasteiger partial charge in [0.2, 0.25) is 10.0 Å². The van der Waals surface area contributed by atoms with Crippen LogP contribution >= 0.6 is 0 Å². The number of benzene rings is 2. The molecule has 0 radical (unpaired) electrons. The summed E-state index contributed by atoms with van der Waals surface area (Å²) in [6.45, 7) is 2.01. The van der Waals surface area contributed by atoms with Gasteiger partial charge < -0.3 is 5.32 Å². The van der Waals surface area contributed by atoms with Crippen LogP contribution in [0.3, 0.4) is 0 Å². The molecule has 2 heterocycles. The van der Waals surface area contributed by atoms with Crippen LogP contribution in [0.15, 0.2) is 42.5 Å². The zero-order chi connectivity index (χ0) is 20.8. The van der Waals surface area contributed by atoms with E-state index in [9.17, 15) is 17.6 Å². The molecule has 0 saturated heterocycles. The number of para-hydroxylation sites is 1. The minimum absolute atomic E-state index is 0.0755. The van der Waals surface area contributed by atoms with Gasteiger partial charge in [0.25, 0.3) is 5.91 Å². The summed E-state index contributed by atoms with van der Waals surface area (Å²) in [5, 5.41) is 10.5. The number of hydrogen-bond donors (Lipinski definition) is 1. The third-order valence-corrected chi connectivity index (χ3v) is 5.96. The lowest BCUT2D eigenvalue weighted by atomic mass is 10.1. The molecule has 29 heavy (non-hydrogen) atoms. The number of nitrogens with one attached hydrogen (secondary N) is 1. The van der Waals surface area contributed by atoms with Crippen molar-refractivity contribution in [3.63, 3.8) is 0 Å². The van der Waals surface area contributed by atoms with E-state index in [0.717, 1.165) is 5.56 Å². The molecule has 0 saturated carbocycles. The molecule has 3 aromatic rings. The van der Waals surface area contributed by atoms with Crippen LogP contribution in [0, 0.1) is 12.7 Å². The maximum absolute atomic E-state index is 14.0. The average Bonchev–Trinajstić information content (AvgIpc) is 3.25. The van der Waals surface area contributed by atoms with Gasteiger partial charge in [0.1, 0.15) is 11.5 Å². The summed E-state index contributed by atoms with van der Waals surface area (Å²) in [6.07, 6.45) is 1.73. The molecular formula is C19H18FN5O3S. The Hall–Kier alpha value is -3.27. The number of aromatic nitrogens is 3. The Morgan fingerprint density at radius 1 is 1.17 bits per heavy atom. The average molecular weight is 415 g/mol. The normalized spacial score (nSPS) is 13.4. The summed E-state index contributed by atoms with van der Waals surface area (Å²) in [7, 11) is -3.33. The van der Waals surface area contributed by atoms with Crippen molar-refractivity contribution in [3.8, 4) is 5.69 Å². The lowest BCUT2D eigenvalue weighted by molar-refractivity contribution is 0.102. The number of hydrogen-bond acceptors (Lipinski definition) is 5. The van der Waals surface area contributed by atoms with Gasteiger partial charge in [0, 0.05) is 12.2 Å². The van der Waals surface area contributed by atoms with Crippen LogP contribution in [0.4, 0.5) is 15.8 Å². The zero-order valence-corrected chi connectivity index (χ0v) is 16.6. The highest BCUT2D eigenvalue weighted by Gasteiger charge is 2.26. The highest BCUT2D eigenvalue weighted by Crippen LogP contribution is 2.32. The summed E-state index contributed by atoms with van der Waals surface area (Å²) < 4.78 is 40.3. The van der Waals surface area contributed by atoms with Crippen LogP contribution in [0.2, 0.25) is 0 Å². The number of anilines is 2. The van der Waals surface area contributed by atoms with E-state index in [1.807, 2.05) is 0 Å². The third-order valence-electron chi connectivity index (χ3n) is 4.78. The van der Waals surface area contributed by atoms with Crippen LogP contribution in [-0.4, -0.2) is 42.1 Å². The van der Waals surface area contributed by atoms with Crippen LogP contribution in [0.1, 0.15) is 21.7 Å². The second-order valence-electron chi connectivity index (χ2n) is 6.77. The number of nitrogens with zero attached hydrogens (tertiary/aromatic N) is 4. The molecule has 1 aromatic heterocycles. The van der Waals surface area contributed by atoms with Crippen molar-refractivity contribution >= 4 is 27.3 Å². The van der Waals surface area contributed by atoms with Gasteiger partial charge in [-0.25, -0.2) is 17.5 Å². The minimum atomic E-state index is -3.33. The van der Waals surface area contributed by atoms with E-state index in [0.29, 0.717) is 30.0 Å². The molecule has 150 valence electrons. The van der Waals surface area contributed by atoms with E-state index in [2.05, 4.69) is 15.6 Å². The van der Waals surface area contributed by atoms with Gasteiger partial charge in [-0.15, -0.1) is 5.10 Å². The van der Waals surface area contributed by atoms with Crippen molar-refractivity contribution in [1.82, 2.24) is 15.0 Å². The van der Waals surface area contributed by atoms with Crippen molar-refractivity contribution < 1.29 is 17.6 Å². The highest BCUT2D eigenvalue weighted by molar-refractivity contribution is 7.92. The van der Waals surface area contributed by atoms with Crippen LogP contribution < -0.4 is 9.62 Å². The summed E-state index contributed by atoms with van der Waals surface area (Å²) in [5.74, 6) is -0.954. The van der Waals surface area contributed by atoms with Gasteiger partial charge in [-0.1, -0.05) is 17.3 Å². The number of fused-ring (bicyclic) bond motifs is 1. The molecule has 0 atom stereocenters. The molecule has 0 fully saturated rings. The van der Waals surface area contributed by atoms with Crippen LogP contribution in [0.5, 0.6) is 0 Å². The second kappa shape index (κ2) is 6.96.